The average Bonchev–Trinajstić information content (AvgIpc) is 3.80. The van der Waals surface area contributed by atoms with E-state index >= 15 is 0 Å². The van der Waals surface area contributed by atoms with Crippen molar-refractivity contribution < 1.29 is 23.1 Å². The lowest BCUT2D eigenvalue weighted by molar-refractivity contribution is 0.0697. The van der Waals surface area contributed by atoms with Gasteiger partial charge in [-0.05, 0) is 64.2 Å². The molecular weight excluding hydrogens is 542 g/mol. The highest BCUT2D eigenvalue weighted by atomic mass is 35.5. The lowest BCUT2D eigenvalue weighted by Gasteiger charge is -2.38. The summed E-state index contributed by atoms with van der Waals surface area (Å²) in [6.07, 6.45) is 3.20. The number of benzene rings is 1. The first-order chi connectivity index (χ1) is 18.3. The Bertz CT molecular complexity index is 1380. The number of aliphatic hydroxyl groups excluding tert-OH is 1. The first kappa shape index (κ1) is 28.1. The standard InChI is InChI=1S/C27H36ClN5O5S/c1-25(2,21(34)16-31-26(3)8-9-26)39(37,38)27(10-11-27)17-32-12-13-33-20(24(32)36)15-29-22(33)23(35)30-14-18-4-6-19(28)7-5-18/h4-7,15,21,31,34H,8-14,16-17H2,1-3H3,(H,30,35). The number of amides is 2. The predicted molar refractivity (Wildman–Crippen MR) is 147 cm³/mol. The highest BCUT2D eigenvalue weighted by molar-refractivity contribution is 7.94. The summed E-state index contributed by atoms with van der Waals surface area (Å²) in [6, 6.07) is 7.12. The molecule has 2 aromatic rings. The van der Waals surface area contributed by atoms with Gasteiger partial charge in [0.05, 0.1) is 21.8 Å². The number of sulfone groups is 1. The van der Waals surface area contributed by atoms with Crippen molar-refractivity contribution in [3.63, 3.8) is 0 Å². The molecule has 2 heterocycles. The minimum atomic E-state index is -3.80. The smallest absolute Gasteiger partial charge is 0.287 e. The van der Waals surface area contributed by atoms with Crippen molar-refractivity contribution in [2.75, 3.05) is 19.6 Å². The molecule has 2 saturated carbocycles. The van der Waals surface area contributed by atoms with Crippen LogP contribution in [0.15, 0.2) is 30.5 Å². The van der Waals surface area contributed by atoms with Gasteiger partial charge in [0, 0.05) is 43.3 Å². The van der Waals surface area contributed by atoms with E-state index in [9.17, 15) is 23.1 Å². The quantitative estimate of drug-likeness (QED) is 0.372. The molecular formula is C27H36ClN5O5S. The minimum Gasteiger partial charge on any atom is -0.390 e. The molecule has 2 fully saturated rings. The molecule has 1 aromatic carbocycles. The third-order valence-corrected chi connectivity index (χ3v) is 12.2. The number of hydrogen-bond donors (Lipinski definition) is 3. The molecule has 0 bridgehead atoms. The monoisotopic (exact) mass is 577 g/mol. The van der Waals surface area contributed by atoms with E-state index in [1.54, 1.807) is 35.4 Å². The van der Waals surface area contributed by atoms with Crippen molar-refractivity contribution in [1.29, 1.82) is 0 Å². The second-order valence-electron chi connectivity index (χ2n) is 11.9. The van der Waals surface area contributed by atoms with Crippen LogP contribution in [0.3, 0.4) is 0 Å². The Morgan fingerprint density at radius 1 is 1.18 bits per heavy atom. The summed E-state index contributed by atoms with van der Waals surface area (Å²) in [5.74, 6) is -0.612. The molecule has 212 valence electrons. The Morgan fingerprint density at radius 2 is 1.85 bits per heavy atom. The van der Waals surface area contributed by atoms with Crippen LogP contribution >= 0.6 is 11.6 Å². The van der Waals surface area contributed by atoms with E-state index in [1.165, 1.54) is 6.20 Å². The average molecular weight is 578 g/mol. The molecule has 5 rings (SSSR count). The summed E-state index contributed by atoms with van der Waals surface area (Å²) in [4.78, 5) is 31.9. The number of fused-ring (bicyclic) bond motifs is 1. The first-order valence-corrected chi connectivity index (χ1v) is 15.2. The van der Waals surface area contributed by atoms with Gasteiger partial charge in [-0.1, -0.05) is 23.7 Å². The van der Waals surface area contributed by atoms with Crippen LogP contribution in [-0.4, -0.2) is 80.6 Å². The van der Waals surface area contributed by atoms with Crippen LogP contribution in [0.25, 0.3) is 0 Å². The Morgan fingerprint density at radius 3 is 2.46 bits per heavy atom. The number of halogens is 1. The topological polar surface area (TPSA) is 134 Å². The number of nitrogens with zero attached hydrogens (tertiary/aromatic N) is 3. The predicted octanol–water partition coefficient (Wildman–Crippen LogP) is 2.15. The third-order valence-electron chi connectivity index (χ3n) is 8.60. The van der Waals surface area contributed by atoms with E-state index in [4.69, 9.17) is 11.6 Å². The van der Waals surface area contributed by atoms with Crippen LogP contribution in [-0.2, 0) is 22.9 Å². The molecule has 2 aliphatic carbocycles. The van der Waals surface area contributed by atoms with Crippen molar-refractivity contribution in [3.05, 3.63) is 52.6 Å². The van der Waals surface area contributed by atoms with Crippen molar-refractivity contribution >= 4 is 33.3 Å². The van der Waals surface area contributed by atoms with Gasteiger partial charge in [-0.3, -0.25) is 9.59 Å². The van der Waals surface area contributed by atoms with Gasteiger partial charge in [-0.25, -0.2) is 13.4 Å². The van der Waals surface area contributed by atoms with E-state index in [-0.39, 0.29) is 49.1 Å². The normalized spacial score (nSPS) is 20.3. The number of rotatable bonds is 11. The highest BCUT2D eigenvalue weighted by Gasteiger charge is 2.62. The fourth-order valence-electron chi connectivity index (χ4n) is 5.14. The molecule has 39 heavy (non-hydrogen) atoms. The zero-order chi connectivity index (χ0) is 28.2. The van der Waals surface area contributed by atoms with Crippen LogP contribution < -0.4 is 10.6 Å². The molecule has 3 aliphatic rings. The number of β-amino-alcohol motifs (C(OH)–C–C–N with tert-alkyl or cyclic N) is 1. The number of carbonyl (C=O) groups is 2. The summed E-state index contributed by atoms with van der Waals surface area (Å²) >= 11 is 5.91. The molecule has 0 saturated heterocycles. The maximum Gasteiger partial charge on any atom is 0.287 e. The lowest BCUT2D eigenvalue weighted by Crippen LogP contribution is -2.57. The Kier molecular flexibility index (Phi) is 7.10. The lowest BCUT2D eigenvalue weighted by atomic mass is 10.1. The number of imidazole rings is 1. The Labute approximate surface area is 234 Å². The molecule has 1 aromatic heterocycles. The van der Waals surface area contributed by atoms with Crippen LogP contribution in [0.5, 0.6) is 0 Å². The van der Waals surface area contributed by atoms with E-state index < -0.39 is 31.3 Å². The van der Waals surface area contributed by atoms with Crippen molar-refractivity contribution in [3.8, 4) is 0 Å². The maximum atomic E-state index is 13.8. The van der Waals surface area contributed by atoms with E-state index in [2.05, 4.69) is 22.5 Å². The minimum absolute atomic E-state index is 0.0210. The van der Waals surface area contributed by atoms with E-state index in [0.29, 0.717) is 24.4 Å². The van der Waals surface area contributed by atoms with E-state index in [0.717, 1.165) is 18.4 Å². The molecule has 1 unspecified atom stereocenters. The summed E-state index contributed by atoms with van der Waals surface area (Å²) in [5, 5.41) is 17.6. The van der Waals surface area contributed by atoms with Gasteiger partial charge in [-0.15, -0.1) is 0 Å². The number of nitrogens with one attached hydrogen (secondary N) is 2. The van der Waals surface area contributed by atoms with Gasteiger partial charge in [-0.2, -0.15) is 0 Å². The van der Waals surface area contributed by atoms with Gasteiger partial charge >= 0.3 is 0 Å². The third kappa shape index (κ3) is 5.21. The largest absolute Gasteiger partial charge is 0.390 e. The number of carbonyl (C=O) groups excluding carboxylic acids is 2. The van der Waals surface area contributed by atoms with Crippen molar-refractivity contribution in [2.45, 2.75) is 80.7 Å². The zero-order valence-corrected chi connectivity index (χ0v) is 24.1. The molecule has 1 atom stereocenters. The molecule has 2 amide bonds. The van der Waals surface area contributed by atoms with E-state index in [1.807, 2.05) is 12.1 Å². The second-order valence-corrected chi connectivity index (χ2v) is 15.3. The van der Waals surface area contributed by atoms with Crippen LogP contribution in [0.4, 0.5) is 0 Å². The van der Waals surface area contributed by atoms with Gasteiger partial charge < -0.3 is 25.2 Å². The molecule has 0 radical (unpaired) electrons. The van der Waals surface area contributed by atoms with Crippen LogP contribution in [0, 0.1) is 0 Å². The molecule has 0 spiro atoms. The van der Waals surface area contributed by atoms with Crippen molar-refractivity contribution in [2.24, 2.45) is 0 Å². The zero-order valence-electron chi connectivity index (χ0n) is 22.5. The van der Waals surface area contributed by atoms with Gasteiger partial charge in [0.1, 0.15) is 5.69 Å². The summed E-state index contributed by atoms with van der Waals surface area (Å²) in [6.45, 7) is 6.34. The fourth-order valence-corrected chi connectivity index (χ4v) is 7.79. The summed E-state index contributed by atoms with van der Waals surface area (Å²) in [5.41, 5.74) is 1.11. The van der Waals surface area contributed by atoms with Crippen molar-refractivity contribution in [1.82, 2.24) is 25.1 Å². The van der Waals surface area contributed by atoms with Crippen LogP contribution in [0.1, 0.15) is 73.1 Å². The molecule has 12 heteroatoms. The Hall–Kier alpha value is -2.47. The summed E-state index contributed by atoms with van der Waals surface area (Å²) in [7, 11) is -3.80. The molecule has 1 aliphatic heterocycles. The number of hydrogen-bond acceptors (Lipinski definition) is 7. The molecule has 10 nitrogen and oxygen atoms in total. The number of aromatic nitrogens is 2. The first-order valence-electron chi connectivity index (χ1n) is 13.3. The maximum absolute atomic E-state index is 13.8. The van der Waals surface area contributed by atoms with Gasteiger partial charge in [0.2, 0.25) is 0 Å². The second kappa shape index (κ2) is 9.87. The fraction of sp³-hybridized carbons (Fsp3) is 0.593. The van der Waals surface area contributed by atoms with Crippen LogP contribution in [0.2, 0.25) is 5.02 Å². The summed E-state index contributed by atoms with van der Waals surface area (Å²) < 4.78 is 26.8. The Balaban J connectivity index is 1.25. The van der Waals surface area contributed by atoms with Gasteiger partial charge in [0.25, 0.3) is 11.8 Å². The number of aliphatic hydroxyl groups is 1. The van der Waals surface area contributed by atoms with Gasteiger partial charge in [0.15, 0.2) is 15.7 Å². The molecule has 3 N–H and O–H groups in total. The SMILES string of the molecule is CC1(NCC(O)C(C)(C)S(=O)(=O)C2(CN3CCn4c(cnc4C(=O)NCc4ccc(Cl)cc4)C3=O)CC2)CC1. The highest BCUT2D eigenvalue weighted by Crippen LogP contribution is 2.50.